The number of carbonyl (C=O) groups is 2. The molecule has 0 aliphatic carbocycles. The molecule has 0 saturated carbocycles. The Morgan fingerprint density at radius 1 is 0.929 bits per heavy atom. The fourth-order valence-electron chi connectivity index (χ4n) is 4.42. The van der Waals surface area contributed by atoms with Crippen molar-refractivity contribution in [1.82, 2.24) is 14.1 Å². The van der Waals surface area contributed by atoms with E-state index in [-0.39, 0.29) is 11.8 Å². The number of sulfonamides is 1. The number of rotatable bonds is 3. The van der Waals surface area contributed by atoms with E-state index >= 15 is 0 Å². The molecule has 0 N–H and O–H groups in total. The minimum absolute atomic E-state index is 0.00231. The zero-order chi connectivity index (χ0) is 20.6. The van der Waals surface area contributed by atoms with Crippen LogP contribution in [0.2, 0.25) is 0 Å². The van der Waals surface area contributed by atoms with Crippen molar-refractivity contribution in [3.05, 3.63) is 28.8 Å². The second kappa shape index (κ2) is 7.83. The normalized spacial score (nSPS) is 21.2. The van der Waals surface area contributed by atoms with Gasteiger partial charge in [-0.1, -0.05) is 17.7 Å². The molecule has 0 spiro atoms. The van der Waals surface area contributed by atoms with Gasteiger partial charge in [0, 0.05) is 39.6 Å². The van der Waals surface area contributed by atoms with Gasteiger partial charge in [0.25, 0.3) is 0 Å². The van der Waals surface area contributed by atoms with Crippen molar-refractivity contribution in [1.29, 1.82) is 0 Å². The second-order valence-electron chi connectivity index (χ2n) is 7.83. The molecule has 3 rings (SSSR count). The lowest BCUT2D eigenvalue weighted by Crippen LogP contribution is -2.55. The van der Waals surface area contributed by atoms with Crippen LogP contribution < -0.4 is 0 Å². The fraction of sp³-hybridized carbons (Fsp3) is 0.600. The summed E-state index contributed by atoms with van der Waals surface area (Å²) in [6, 6.07) is 3.08. The molecule has 2 amide bonds. The molecule has 0 aromatic heterocycles. The number of nitrogens with zero attached hydrogens (tertiary/aromatic N) is 3. The Morgan fingerprint density at radius 2 is 1.46 bits per heavy atom. The summed E-state index contributed by atoms with van der Waals surface area (Å²) in [4.78, 5) is 28.3. The summed E-state index contributed by atoms with van der Waals surface area (Å²) in [7, 11) is -3.75. The van der Waals surface area contributed by atoms with Gasteiger partial charge in [-0.2, -0.15) is 4.31 Å². The first-order valence-corrected chi connectivity index (χ1v) is 11.2. The third-order valence-electron chi connectivity index (χ3n) is 5.70. The van der Waals surface area contributed by atoms with Crippen LogP contribution in [0.15, 0.2) is 17.0 Å². The van der Waals surface area contributed by atoms with Gasteiger partial charge in [0.15, 0.2) is 0 Å². The molecular weight excluding hydrogens is 378 g/mol. The summed E-state index contributed by atoms with van der Waals surface area (Å²) < 4.78 is 28.2. The summed E-state index contributed by atoms with van der Waals surface area (Å²) in [6.07, 6.45) is 1.21. The first kappa shape index (κ1) is 20.8. The molecule has 8 heteroatoms. The molecule has 2 aliphatic rings. The monoisotopic (exact) mass is 407 g/mol. The Kier molecular flexibility index (Phi) is 5.82. The lowest BCUT2D eigenvalue weighted by molar-refractivity contribution is -0.140. The van der Waals surface area contributed by atoms with Crippen LogP contribution in [0, 0.1) is 20.8 Å². The molecule has 154 valence electrons. The molecule has 2 aliphatic heterocycles. The van der Waals surface area contributed by atoms with Gasteiger partial charge >= 0.3 is 0 Å². The minimum Gasteiger partial charge on any atom is -0.339 e. The molecule has 28 heavy (non-hydrogen) atoms. The number of aryl methyl sites for hydroxylation is 3. The van der Waals surface area contributed by atoms with Crippen LogP contribution in [0.4, 0.5) is 0 Å². The van der Waals surface area contributed by atoms with E-state index in [1.807, 2.05) is 19.1 Å². The summed E-state index contributed by atoms with van der Waals surface area (Å²) in [5.74, 6) is -0.144. The molecule has 2 saturated heterocycles. The van der Waals surface area contributed by atoms with Crippen LogP contribution in [-0.2, 0) is 19.6 Å². The first-order chi connectivity index (χ1) is 13.1. The van der Waals surface area contributed by atoms with E-state index in [0.29, 0.717) is 61.6 Å². The second-order valence-corrected chi connectivity index (χ2v) is 9.66. The van der Waals surface area contributed by atoms with Crippen molar-refractivity contribution in [2.75, 3.05) is 32.7 Å². The van der Waals surface area contributed by atoms with E-state index in [9.17, 15) is 18.0 Å². The number of carbonyl (C=O) groups excluding carboxylic acids is 2. The maximum atomic E-state index is 13.4. The third-order valence-corrected chi connectivity index (χ3v) is 7.91. The molecule has 2 fully saturated rings. The van der Waals surface area contributed by atoms with E-state index in [2.05, 4.69) is 0 Å². The highest BCUT2D eigenvalue weighted by molar-refractivity contribution is 7.89. The SMILES string of the molecule is CC(=O)N1CCN(C(=O)[C@@H]2CCCN2S(=O)(=O)c2c(C)cc(C)cc2C)CC1. The van der Waals surface area contributed by atoms with Crippen molar-refractivity contribution in [2.45, 2.75) is 51.5 Å². The van der Waals surface area contributed by atoms with E-state index in [1.54, 1.807) is 23.6 Å². The number of amides is 2. The summed E-state index contributed by atoms with van der Waals surface area (Å²) in [6.45, 7) is 9.33. The van der Waals surface area contributed by atoms with E-state index in [0.717, 1.165) is 5.56 Å². The van der Waals surface area contributed by atoms with Crippen molar-refractivity contribution in [2.24, 2.45) is 0 Å². The van der Waals surface area contributed by atoms with Crippen LogP contribution in [0.3, 0.4) is 0 Å². The molecule has 2 heterocycles. The Bertz CT molecular complexity index is 866. The van der Waals surface area contributed by atoms with Crippen LogP contribution in [0.25, 0.3) is 0 Å². The van der Waals surface area contributed by atoms with Gasteiger partial charge in [0.05, 0.1) is 4.90 Å². The molecule has 0 bridgehead atoms. The average molecular weight is 408 g/mol. The van der Waals surface area contributed by atoms with Gasteiger partial charge in [0.1, 0.15) is 6.04 Å². The summed E-state index contributed by atoms with van der Waals surface area (Å²) >= 11 is 0. The lowest BCUT2D eigenvalue weighted by atomic mass is 10.1. The standard InChI is InChI=1S/C20H29N3O4S/c1-14-12-15(2)19(16(3)13-14)28(26,27)23-7-5-6-18(23)20(25)22-10-8-21(9-11-22)17(4)24/h12-13,18H,5-11H2,1-4H3/t18-/m0/s1. The van der Waals surface area contributed by atoms with Crippen molar-refractivity contribution in [3.8, 4) is 0 Å². The van der Waals surface area contributed by atoms with E-state index in [1.165, 1.54) is 11.2 Å². The van der Waals surface area contributed by atoms with Gasteiger partial charge in [0.2, 0.25) is 21.8 Å². The number of benzene rings is 1. The Hall–Kier alpha value is -1.93. The average Bonchev–Trinajstić information content (AvgIpc) is 3.10. The summed E-state index contributed by atoms with van der Waals surface area (Å²) in [5.41, 5.74) is 2.45. The molecule has 0 unspecified atom stereocenters. The largest absolute Gasteiger partial charge is 0.339 e. The highest BCUT2D eigenvalue weighted by Crippen LogP contribution is 2.31. The topological polar surface area (TPSA) is 78.0 Å². The van der Waals surface area contributed by atoms with E-state index in [4.69, 9.17) is 0 Å². The Morgan fingerprint density at radius 3 is 2.00 bits per heavy atom. The molecule has 7 nitrogen and oxygen atoms in total. The van der Waals surface area contributed by atoms with Crippen molar-refractivity contribution < 1.29 is 18.0 Å². The molecule has 0 radical (unpaired) electrons. The zero-order valence-corrected chi connectivity index (χ0v) is 17.9. The van der Waals surface area contributed by atoms with E-state index < -0.39 is 16.1 Å². The number of hydrogen-bond acceptors (Lipinski definition) is 4. The fourth-order valence-corrected chi connectivity index (χ4v) is 6.48. The Balaban J connectivity index is 1.83. The maximum absolute atomic E-state index is 13.4. The van der Waals surface area contributed by atoms with Gasteiger partial charge in [-0.25, -0.2) is 8.42 Å². The van der Waals surface area contributed by atoms with Gasteiger partial charge in [-0.05, 0) is 44.7 Å². The quantitative estimate of drug-likeness (QED) is 0.760. The van der Waals surface area contributed by atoms with Gasteiger partial charge in [-0.15, -0.1) is 0 Å². The minimum atomic E-state index is -3.75. The molecular formula is C20H29N3O4S. The van der Waals surface area contributed by atoms with Crippen LogP contribution in [0.5, 0.6) is 0 Å². The maximum Gasteiger partial charge on any atom is 0.244 e. The number of piperazine rings is 1. The lowest BCUT2D eigenvalue weighted by Gasteiger charge is -2.36. The first-order valence-electron chi connectivity index (χ1n) is 9.77. The van der Waals surface area contributed by atoms with Crippen molar-refractivity contribution >= 4 is 21.8 Å². The van der Waals surface area contributed by atoms with Crippen LogP contribution in [0.1, 0.15) is 36.5 Å². The summed E-state index contributed by atoms with van der Waals surface area (Å²) in [5, 5.41) is 0. The number of hydrogen-bond donors (Lipinski definition) is 0. The van der Waals surface area contributed by atoms with Crippen LogP contribution >= 0.6 is 0 Å². The van der Waals surface area contributed by atoms with Gasteiger partial charge < -0.3 is 9.80 Å². The molecule has 1 aromatic rings. The molecule has 1 aromatic carbocycles. The highest BCUT2D eigenvalue weighted by atomic mass is 32.2. The predicted octanol–water partition coefficient (Wildman–Crippen LogP) is 1.46. The predicted molar refractivity (Wildman–Crippen MR) is 106 cm³/mol. The third kappa shape index (κ3) is 3.80. The Labute approximate surface area is 167 Å². The van der Waals surface area contributed by atoms with Crippen LogP contribution in [-0.4, -0.2) is 73.1 Å². The highest BCUT2D eigenvalue weighted by Gasteiger charge is 2.42. The van der Waals surface area contributed by atoms with Gasteiger partial charge in [-0.3, -0.25) is 9.59 Å². The zero-order valence-electron chi connectivity index (χ0n) is 17.1. The molecule has 1 atom stereocenters. The smallest absolute Gasteiger partial charge is 0.244 e. The van der Waals surface area contributed by atoms with Crippen molar-refractivity contribution in [3.63, 3.8) is 0 Å².